The van der Waals surface area contributed by atoms with Crippen molar-refractivity contribution in [1.82, 2.24) is 4.90 Å². The van der Waals surface area contributed by atoms with Crippen LogP contribution in [-0.4, -0.2) is 41.4 Å². The molecule has 0 bridgehead atoms. The number of aliphatic hydroxyl groups excluding tert-OH is 2. The molecule has 0 saturated carbocycles. The molecule has 19 heavy (non-hydrogen) atoms. The van der Waals surface area contributed by atoms with E-state index in [1.165, 1.54) is 12.1 Å². The highest BCUT2D eigenvalue weighted by Crippen LogP contribution is 2.22. The number of benzene rings is 1. The number of rotatable bonds is 8. The van der Waals surface area contributed by atoms with Gasteiger partial charge in [-0.25, -0.2) is 8.78 Å². The minimum absolute atomic E-state index is 0.0135. The predicted octanol–water partition coefficient (Wildman–Crippen LogP) is 2.09. The molecule has 0 aromatic heterocycles. The van der Waals surface area contributed by atoms with Crippen LogP contribution in [0.15, 0.2) is 18.2 Å². The van der Waals surface area contributed by atoms with E-state index >= 15 is 0 Å². The fourth-order valence-electron chi connectivity index (χ4n) is 2.03. The lowest BCUT2D eigenvalue weighted by molar-refractivity contribution is 0.127. The Labute approximate surface area is 112 Å². The highest BCUT2D eigenvalue weighted by atomic mass is 19.2. The minimum atomic E-state index is -1.03. The maximum atomic E-state index is 13.5. The molecule has 0 radical (unpaired) electrons. The number of aliphatic hydroxyl groups is 2. The molecule has 108 valence electrons. The monoisotopic (exact) mass is 273 g/mol. The molecule has 3 nitrogen and oxygen atoms in total. The van der Waals surface area contributed by atoms with Crippen molar-refractivity contribution in [3.05, 3.63) is 35.4 Å². The Morgan fingerprint density at radius 3 is 2.58 bits per heavy atom. The molecule has 0 fully saturated rings. The first kappa shape index (κ1) is 16.0. The summed E-state index contributed by atoms with van der Waals surface area (Å²) in [5.74, 6) is -1.93. The molecule has 1 aromatic carbocycles. The molecular formula is C14H21F2NO2. The second kappa shape index (κ2) is 8.19. The highest BCUT2D eigenvalue weighted by molar-refractivity contribution is 5.21. The van der Waals surface area contributed by atoms with Crippen LogP contribution in [-0.2, 0) is 0 Å². The van der Waals surface area contributed by atoms with Crippen LogP contribution in [0.4, 0.5) is 8.78 Å². The van der Waals surface area contributed by atoms with E-state index in [2.05, 4.69) is 0 Å². The molecule has 0 amide bonds. The second-order valence-electron chi connectivity index (χ2n) is 4.51. The van der Waals surface area contributed by atoms with E-state index < -0.39 is 17.7 Å². The molecule has 1 aromatic rings. The van der Waals surface area contributed by atoms with Gasteiger partial charge in [0, 0.05) is 18.7 Å². The van der Waals surface area contributed by atoms with E-state index in [9.17, 15) is 13.9 Å². The van der Waals surface area contributed by atoms with Gasteiger partial charge in [0.15, 0.2) is 11.6 Å². The zero-order chi connectivity index (χ0) is 14.3. The predicted molar refractivity (Wildman–Crippen MR) is 69.8 cm³/mol. The first-order valence-corrected chi connectivity index (χ1v) is 6.55. The van der Waals surface area contributed by atoms with E-state index in [1.54, 1.807) is 0 Å². The number of hydrogen-bond donors (Lipinski definition) is 2. The standard InChI is InChI=1S/C14H21F2NO2/c1-2-7-17(9-10-18)8-6-13(19)11-4-3-5-12(15)14(11)16/h3-5,13,18-19H,2,6-10H2,1H3. The van der Waals surface area contributed by atoms with Crippen LogP contribution < -0.4 is 0 Å². The van der Waals surface area contributed by atoms with Gasteiger partial charge in [0.1, 0.15) is 0 Å². The summed E-state index contributed by atoms with van der Waals surface area (Å²) < 4.78 is 26.5. The van der Waals surface area contributed by atoms with Gasteiger partial charge < -0.3 is 15.1 Å². The van der Waals surface area contributed by atoms with Crippen molar-refractivity contribution in [2.24, 2.45) is 0 Å². The summed E-state index contributed by atoms with van der Waals surface area (Å²) in [5.41, 5.74) is -0.0135. The van der Waals surface area contributed by atoms with Gasteiger partial charge in [0.25, 0.3) is 0 Å². The fourth-order valence-corrected chi connectivity index (χ4v) is 2.03. The summed E-state index contributed by atoms with van der Waals surface area (Å²) in [6, 6.07) is 3.80. The maximum absolute atomic E-state index is 13.5. The first-order chi connectivity index (χ1) is 9.10. The molecule has 0 saturated heterocycles. The van der Waals surface area contributed by atoms with Crippen LogP contribution in [0.5, 0.6) is 0 Å². The zero-order valence-corrected chi connectivity index (χ0v) is 11.1. The van der Waals surface area contributed by atoms with Gasteiger partial charge >= 0.3 is 0 Å². The van der Waals surface area contributed by atoms with Gasteiger partial charge in [0.05, 0.1) is 12.7 Å². The molecule has 1 unspecified atom stereocenters. The summed E-state index contributed by atoms with van der Waals surface area (Å²) in [7, 11) is 0. The first-order valence-electron chi connectivity index (χ1n) is 6.55. The van der Waals surface area contributed by atoms with Crippen molar-refractivity contribution in [3.8, 4) is 0 Å². The van der Waals surface area contributed by atoms with Crippen LogP contribution in [0.25, 0.3) is 0 Å². The Bertz CT molecular complexity index is 382. The Balaban J connectivity index is 2.58. The molecule has 0 heterocycles. The van der Waals surface area contributed by atoms with E-state index in [0.29, 0.717) is 19.5 Å². The second-order valence-corrected chi connectivity index (χ2v) is 4.51. The van der Waals surface area contributed by atoms with Crippen molar-refractivity contribution in [2.45, 2.75) is 25.9 Å². The average Bonchev–Trinajstić information content (AvgIpc) is 2.39. The Hall–Kier alpha value is -1.04. The van der Waals surface area contributed by atoms with Crippen molar-refractivity contribution >= 4 is 0 Å². The lowest BCUT2D eigenvalue weighted by Crippen LogP contribution is -2.29. The smallest absolute Gasteiger partial charge is 0.164 e. The molecule has 0 aliphatic rings. The van der Waals surface area contributed by atoms with E-state index in [1.807, 2.05) is 11.8 Å². The van der Waals surface area contributed by atoms with Crippen LogP contribution in [0.3, 0.4) is 0 Å². The molecule has 1 rings (SSSR count). The quantitative estimate of drug-likeness (QED) is 0.762. The van der Waals surface area contributed by atoms with Gasteiger partial charge in [-0.3, -0.25) is 0 Å². The minimum Gasteiger partial charge on any atom is -0.395 e. The van der Waals surface area contributed by atoms with Gasteiger partial charge in [0.2, 0.25) is 0 Å². The highest BCUT2D eigenvalue weighted by Gasteiger charge is 2.16. The molecule has 2 N–H and O–H groups in total. The van der Waals surface area contributed by atoms with Crippen LogP contribution in [0.1, 0.15) is 31.4 Å². The van der Waals surface area contributed by atoms with E-state index in [-0.39, 0.29) is 12.2 Å². The maximum Gasteiger partial charge on any atom is 0.164 e. The summed E-state index contributed by atoms with van der Waals surface area (Å²) in [6.07, 6.45) is 0.207. The molecule has 5 heteroatoms. The Morgan fingerprint density at radius 1 is 1.21 bits per heavy atom. The summed E-state index contributed by atoms with van der Waals surface area (Å²) in [4.78, 5) is 1.99. The summed E-state index contributed by atoms with van der Waals surface area (Å²) >= 11 is 0. The van der Waals surface area contributed by atoms with Crippen LogP contribution in [0, 0.1) is 11.6 Å². The fraction of sp³-hybridized carbons (Fsp3) is 0.571. The van der Waals surface area contributed by atoms with Crippen LogP contribution >= 0.6 is 0 Å². The Kier molecular flexibility index (Phi) is 6.91. The molecular weight excluding hydrogens is 252 g/mol. The summed E-state index contributed by atoms with van der Waals surface area (Å²) in [6.45, 7) is 3.92. The Morgan fingerprint density at radius 2 is 1.95 bits per heavy atom. The van der Waals surface area contributed by atoms with Crippen molar-refractivity contribution in [2.75, 3.05) is 26.2 Å². The number of hydrogen-bond acceptors (Lipinski definition) is 3. The van der Waals surface area contributed by atoms with Crippen molar-refractivity contribution in [3.63, 3.8) is 0 Å². The molecule has 0 aliphatic heterocycles. The van der Waals surface area contributed by atoms with Gasteiger partial charge in [-0.05, 0) is 25.5 Å². The average molecular weight is 273 g/mol. The van der Waals surface area contributed by atoms with Gasteiger partial charge in [-0.2, -0.15) is 0 Å². The topological polar surface area (TPSA) is 43.7 Å². The lowest BCUT2D eigenvalue weighted by Gasteiger charge is -2.22. The van der Waals surface area contributed by atoms with Gasteiger partial charge in [-0.15, -0.1) is 0 Å². The van der Waals surface area contributed by atoms with Crippen molar-refractivity contribution in [1.29, 1.82) is 0 Å². The summed E-state index contributed by atoms with van der Waals surface area (Å²) in [5, 5.41) is 18.8. The SMILES string of the molecule is CCCN(CCO)CCC(O)c1cccc(F)c1F. The third kappa shape index (κ3) is 4.86. The van der Waals surface area contributed by atoms with Crippen LogP contribution in [0.2, 0.25) is 0 Å². The molecule has 0 aliphatic carbocycles. The van der Waals surface area contributed by atoms with E-state index in [0.717, 1.165) is 19.0 Å². The number of nitrogens with zero attached hydrogens (tertiary/aromatic N) is 1. The number of halogens is 2. The normalized spacial score (nSPS) is 12.9. The lowest BCUT2D eigenvalue weighted by atomic mass is 10.1. The molecule has 1 atom stereocenters. The largest absolute Gasteiger partial charge is 0.395 e. The van der Waals surface area contributed by atoms with Crippen molar-refractivity contribution < 1.29 is 19.0 Å². The third-order valence-corrected chi connectivity index (χ3v) is 3.02. The third-order valence-electron chi connectivity index (χ3n) is 3.02. The zero-order valence-electron chi connectivity index (χ0n) is 11.1. The van der Waals surface area contributed by atoms with Gasteiger partial charge in [-0.1, -0.05) is 19.1 Å². The molecule has 0 spiro atoms. The van der Waals surface area contributed by atoms with E-state index in [4.69, 9.17) is 5.11 Å².